The van der Waals surface area contributed by atoms with Gasteiger partial charge in [0, 0.05) is 11.1 Å². The molecule has 94 valence electrons. The number of ketones is 2. The van der Waals surface area contributed by atoms with Crippen molar-refractivity contribution < 1.29 is 9.59 Å². The topological polar surface area (TPSA) is 66.8 Å². The summed E-state index contributed by atoms with van der Waals surface area (Å²) in [6.07, 6.45) is 5.08. The number of allylic oxidation sites excluding steroid dienone is 2. The zero-order valence-electron chi connectivity index (χ0n) is 9.59. The molecule has 1 aromatic rings. The van der Waals surface area contributed by atoms with Crippen molar-refractivity contribution in [2.45, 2.75) is 0 Å². The summed E-state index contributed by atoms with van der Waals surface area (Å²) >= 11 is 5.87. The Labute approximate surface area is 113 Å². The fraction of sp³-hybridized carbons (Fsp3) is 0.0769. The normalized spacial score (nSPS) is 13.9. The van der Waals surface area contributed by atoms with Gasteiger partial charge in [-0.25, -0.2) is 5.01 Å². The molecule has 0 saturated heterocycles. The molecule has 1 aliphatic rings. The van der Waals surface area contributed by atoms with Crippen LogP contribution < -0.4 is 0 Å². The van der Waals surface area contributed by atoms with Crippen molar-refractivity contribution in [3.63, 3.8) is 0 Å². The van der Waals surface area contributed by atoms with Crippen molar-refractivity contribution in [3.8, 4) is 12.3 Å². The maximum Gasteiger partial charge on any atom is 0.213 e. The van der Waals surface area contributed by atoms with E-state index in [1.54, 1.807) is 12.1 Å². The first-order chi connectivity index (χ1) is 9.11. The third-order valence-corrected chi connectivity index (χ3v) is 2.99. The second-order valence-corrected chi connectivity index (χ2v) is 4.09. The van der Waals surface area contributed by atoms with Gasteiger partial charge in [-0.1, -0.05) is 41.8 Å². The maximum atomic E-state index is 12.2. The minimum absolute atomic E-state index is 0.178. The molecule has 0 unspecified atom stereocenters. The molecular formula is C13H7ClN2O3. The monoisotopic (exact) mass is 274 g/mol. The van der Waals surface area contributed by atoms with Crippen LogP contribution in [0.15, 0.2) is 40.3 Å². The molecule has 0 atom stereocenters. The van der Waals surface area contributed by atoms with Gasteiger partial charge in [-0.05, 0) is 0 Å². The largest absolute Gasteiger partial charge is 0.287 e. The van der Waals surface area contributed by atoms with E-state index in [9.17, 15) is 14.5 Å². The first-order valence-electron chi connectivity index (χ1n) is 5.24. The zero-order chi connectivity index (χ0) is 14.0. The third kappa shape index (κ3) is 2.02. The minimum atomic E-state index is -0.546. The quantitative estimate of drug-likeness (QED) is 0.481. The average Bonchev–Trinajstić information content (AvgIpc) is 2.44. The highest BCUT2D eigenvalue weighted by Crippen LogP contribution is 2.30. The summed E-state index contributed by atoms with van der Waals surface area (Å²) in [5, 5.41) is 2.99. The van der Waals surface area contributed by atoms with Crippen molar-refractivity contribution in [2.24, 2.45) is 5.29 Å². The number of halogens is 1. The van der Waals surface area contributed by atoms with Crippen LogP contribution in [0.4, 0.5) is 0 Å². The lowest BCUT2D eigenvalue weighted by Crippen LogP contribution is -2.30. The number of benzene rings is 1. The standard InChI is InChI=1S/C13H7ClN2O3/c1-2-7-16(15-19)11-10(14)12(17)8-5-3-4-6-9(8)13(11)18/h1,3-6H,7H2. The van der Waals surface area contributed by atoms with Gasteiger partial charge in [0.05, 0.1) is 5.29 Å². The number of Topliss-reactive ketones (excluding diaryl/α,β-unsaturated/α-hetero) is 2. The number of terminal acetylenes is 1. The molecule has 5 nitrogen and oxygen atoms in total. The molecule has 0 heterocycles. The van der Waals surface area contributed by atoms with Crippen molar-refractivity contribution in [1.29, 1.82) is 0 Å². The highest BCUT2D eigenvalue weighted by Gasteiger charge is 2.34. The molecule has 0 N–H and O–H groups in total. The Morgan fingerprint density at radius 3 is 2.32 bits per heavy atom. The van der Waals surface area contributed by atoms with E-state index < -0.39 is 11.6 Å². The molecule has 2 rings (SSSR count). The van der Waals surface area contributed by atoms with Gasteiger partial charge in [-0.15, -0.1) is 11.3 Å². The summed E-state index contributed by atoms with van der Waals surface area (Å²) in [7, 11) is 0. The highest BCUT2D eigenvalue weighted by atomic mass is 35.5. The number of hydrogen-bond donors (Lipinski definition) is 0. The fourth-order valence-corrected chi connectivity index (χ4v) is 2.08. The van der Waals surface area contributed by atoms with E-state index in [1.165, 1.54) is 12.1 Å². The second-order valence-electron chi connectivity index (χ2n) is 3.71. The molecule has 6 heteroatoms. The smallest absolute Gasteiger partial charge is 0.213 e. The van der Waals surface area contributed by atoms with Crippen LogP contribution in [0, 0.1) is 17.3 Å². The predicted octanol–water partition coefficient (Wildman–Crippen LogP) is 2.13. The number of carbonyl (C=O) groups excluding carboxylic acids is 2. The highest BCUT2D eigenvalue weighted by molar-refractivity contribution is 6.49. The van der Waals surface area contributed by atoms with E-state index in [4.69, 9.17) is 18.0 Å². The van der Waals surface area contributed by atoms with E-state index in [2.05, 4.69) is 11.2 Å². The van der Waals surface area contributed by atoms with Crippen LogP contribution in [0.2, 0.25) is 0 Å². The average molecular weight is 275 g/mol. The van der Waals surface area contributed by atoms with Gasteiger partial charge < -0.3 is 0 Å². The van der Waals surface area contributed by atoms with Gasteiger partial charge in [-0.3, -0.25) is 9.59 Å². The van der Waals surface area contributed by atoms with Crippen LogP contribution in [-0.2, 0) is 0 Å². The van der Waals surface area contributed by atoms with Crippen molar-refractivity contribution in [1.82, 2.24) is 5.01 Å². The van der Waals surface area contributed by atoms with Crippen molar-refractivity contribution >= 4 is 23.2 Å². The maximum absolute atomic E-state index is 12.2. The second kappa shape index (κ2) is 5.04. The van der Waals surface area contributed by atoms with Crippen LogP contribution in [0.25, 0.3) is 0 Å². The first kappa shape index (κ1) is 13.0. The molecule has 19 heavy (non-hydrogen) atoms. The van der Waals surface area contributed by atoms with Crippen LogP contribution in [-0.4, -0.2) is 23.1 Å². The number of fused-ring (bicyclic) bond motifs is 1. The summed E-state index contributed by atoms with van der Waals surface area (Å²) in [5.41, 5.74) is 0.101. The molecule has 0 aliphatic heterocycles. The number of rotatable bonds is 3. The Morgan fingerprint density at radius 1 is 1.21 bits per heavy atom. The number of carbonyl (C=O) groups is 2. The fourth-order valence-electron chi connectivity index (χ4n) is 1.80. The van der Waals surface area contributed by atoms with E-state index in [1.807, 2.05) is 0 Å². The molecule has 0 fully saturated rings. The Hall–Kier alpha value is -2.45. The summed E-state index contributed by atoms with van der Waals surface area (Å²) in [5.74, 6) is 1.10. The molecule has 0 bridgehead atoms. The Kier molecular flexibility index (Phi) is 3.45. The van der Waals surface area contributed by atoms with Gasteiger partial charge in [-0.2, -0.15) is 0 Å². The lowest BCUT2D eigenvalue weighted by atomic mass is 9.92. The van der Waals surface area contributed by atoms with E-state index in [-0.39, 0.29) is 28.4 Å². The van der Waals surface area contributed by atoms with E-state index in [0.717, 1.165) is 0 Å². The summed E-state index contributed by atoms with van der Waals surface area (Å²) in [6, 6.07) is 6.21. The van der Waals surface area contributed by atoms with Gasteiger partial charge in [0.15, 0.2) is 0 Å². The van der Waals surface area contributed by atoms with Gasteiger partial charge in [0.1, 0.15) is 17.3 Å². The molecule has 0 saturated carbocycles. The SMILES string of the molecule is C#CCN(N=O)C1=C(Cl)C(=O)c2ccccc2C1=O. The summed E-state index contributed by atoms with van der Waals surface area (Å²) < 4.78 is 0. The van der Waals surface area contributed by atoms with Gasteiger partial charge >= 0.3 is 0 Å². The molecule has 1 aromatic carbocycles. The molecule has 0 aromatic heterocycles. The first-order valence-corrected chi connectivity index (χ1v) is 5.62. The number of nitrogens with zero attached hydrogens (tertiary/aromatic N) is 2. The molecule has 1 aliphatic carbocycles. The summed E-state index contributed by atoms with van der Waals surface area (Å²) in [4.78, 5) is 35.0. The van der Waals surface area contributed by atoms with Crippen LogP contribution in [0.5, 0.6) is 0 Å². The zero-order valence-corrected chi connectivity index (χ0v) is 10.3. The Balaban J connectivity index is 2.60. The third-order valence-electron chi connectivity index (χ3n) is 2.64. The number of nitroso groups, excluding NO2 is 1. The summed E-state index contributed by atoms with van der Waals surface area (Å²) in [6.45, 7) is -0.240. The van der Waals surface area contributed by atoms with Crippen molar-refractivity contribution in [3.05, 3.63) is 51.0 Å². The van der Waals surface area contributed by atoms with Crippen LogP contribution in [0.1, 0.15) is 20.7 Å². The van der Waals surface area contributed by atoms with Crippen molar-refractivity contribution in [2.75, 3.05) is 6.54 Å². The van der Waals surface area contributed by atoms with Gasteiger partial charge in [0.2, 0.25) is 11.6 Å². The van der Waals surface area contributed by atoms with Crippen LogP contribution >= 0.6 is 11.6 Å². The molecule has 0 spiro atoms. The molecule has 0 radical (unpaired) electrons. The van der Waals surface area contributed by atoms with E-state index in [0.29, 0.717) is 5.01 Å². The van der Waals surface area contributed by atoms with E-state index >= 15 is 0 Å². The lowest BCUT2D eigenvalue weighted by molar-refractivity contribution is 0.0951. The number of hydrogen-bond acceptors (Lipinski definition) is 4. The Bertz CT molecular complexity index is 658. The predicted molar refractivity (Wildman–Crippen MR) is 69.3 cm³/mol. The molecule has 0 amide bonds. The lowest BCUT2D eigenvalue weighted by Gasteiger charge is -2.21. The van der Waals surface area contributed by atoms with Crippen LogP contribution in [0.3, 0.4) is 0 Å². The Morgan fingerprint density at radius 2 is 1.79 bits per heavy atom. The minimum Gasteiger partial charge on any atom is -0.287 e. The molecular weight excluding hydrogens is 268 g/mol. The van der Waals surface area contributed by atoms with Gasteiger partial charge in [0.25, 0.3) is 0 Å².